The number of alkyl halides is 3. The Morgan fingerprint density at radius 2 is 1.66 bits per heavy atom. The summed E-state index contributed by atoms with van der Waals surface area (Å²) in [5, 5.41) is 0. The molecule has 1 nitrogen and oxygen atoms in total. The summed E-state index contributed by atoms with van der Waals surface area (Å²) in [7, 11) is -1.95. The molecule has 0 radical (unpaired) electrons. The van der Waals surface area contributed by atoms with Crippen LogP contribution in [0.3, 0.4) is 0 Å². The first-order valence-electron chi connectivity index (χ1n) is 9.88. The topological polar surface area (TPSA) is 9.23 Å². The summed E-state index contributed by atoms with van der Waals surface area (Å²) in [6.07, 6.45) is -2.85. The van der Waals surface area contributed by atoms with Gasteiger partial charge in [-0.3, -0.25) is 0 Å². The highest BCUT2D eigenvalue weighted by Gasteiger charge is 2.35. The number of benzene rings is 1. The molecule has 0 saturated heterocycles. The van der Waals surface area contributed by atoms with E-state index >= 15 is 0 Å². The van der Waals surface area contributed by atoms with Gasteiger partial charge in [0.1, 0.15) is 19.2 Å². The third-order valence-corrected chi connectivity index (χ3v) is 4.76. The van der Waals surface area contributed by atoms with Crippen molar-refractivity contribution in [2.45, 2.75) is 78.1 Å². The fourth-order valence-corrected chi connectivity index (χ4v) is 2.77. The van der Waals surface area contributed by atoms with Gasteiger partial charge in [0.2, 0.25) is 0 Å². The van der Waals surface area contributed by atoms with Crippen molar-refractivity contribution >= 4 is 8.07 Å². The Bertz CT molecular complexity index is 807. The molecule has 0 unspecified atom stereocenters. The van der Waals surface area contributed by atoms with Gasteiger partial charge in [0, 0.05) is 5.57 Å². The second kappa shape index (κ2) is 10.7. The highest BCUT2D eigenvalue weighted by Crippen LogP contribution is 2.30. The first kappa shape index (κ1) is 25.1. The Kier molecular flexibility index (Phi) is 9.27. The van der Waals surface area contributed by atoms with E-state index in [9.17, 15) is 13.2 Å². The second-order valence-electron chi connectivity index (χ2n) is 8.49. The van der Waals surface area contributed by atoms with Gasteiger partial charge in [0.25, 0.3) is 0 Å². The quantitative estimate of drug-likeness (QED) is 0.359. The van der Waals surface area contributed by atoms with Gasteiger partial charge < -0.3 is 4.74 Å². The van der Waals surface area contributed by atoms with Crippen molar-refractivity contribution in [2.24, 2.45) is 0 Å². The Labute approximate surface area is 174 Å². The molecule has 1 rings (SSSR count). The van der Waals surface area contributed by atoms with Gasteiger partial charge in [-0.05, 0) is 32.3 Å². The smallest absolute Gasteiger partial charge is 0.358 e. The number of unbranched alkanes of at least 4 members (excludes halogenated alkanes) is 1. The standard InChI is InChI=1S/C24H31F3OSi/c1-7-8-14-21(22(24(25,26)27)16-18-29(4,5)6)15-17-23(2,3)28-19-20-12-10-9-11-13-20/h9-13H,7-8,14,19H2,1-6H3/b22-21-. The molecule has 0 heterocycles. The molecule has 1 aromatic carbocycles. The maximum absolute atomic E-state index is 13.7. The van der Waals surface area contributed by atoms with Crippen molar-refractivity contribution in [2.75, 3.05) is 0 Å². The zero-order valence-corrected chi connectivity index (χ0v) is 19.3. The zero-order chi connectivity index (χ0) is 22.1. The normalized spacial score (nSPS) is 13.0. The maximum Gasteiger partial charge on any atom is 0.425 e. The van der Waals surface area contributed by atoms with Crippen LogP contribution in [0.1, 0.15) is 45.6 Å². The fraction of sp³-hybridized carbons (Fsp3) is 0.500. The van der Waals surface area contributed by atoms with Crippen LogP contribution in [0.5, 0.6) is 0 Å². The lowest BCUT2D eigenvalue weighted by Gasteiger charge is -2.19. The SMILES string of the molecule is CCCC/C(C#CC(C)(C)OCc1ccccc1)=C(\C#C[Si](C)(C)C)C(F)(F)F. The number of hydrogen-bond donors (Lipinski definition) is 0. The molecule has 0 aromatic heterocycles. The predicted molar refractivity (Wildman–Crippen MR) is 117 cm³/mol. The Morgan fingerprint density at radius 1 is 1.03 bits per heavy atom. The van der Waals surface area contributed by atoms with Gasteiger partial charge in [-0.2, -0.15) is 13.2 Å². The molecule has 0 aliphatic rings. The van der Waals surface area contributed by atoms with Crippen LogP contribution in [0, 0.1) is 23.3 Å². The number of hydrogen-bond acceptors (Lipinski definition) is 1. The predicted octanol–water partition coefficient (Wildman–Crippen LogP) is 6.92. The molecule has 0 bridgehead atoms. The number of halogens is 3. The molecule has 0 saturated carbocycles. The van der Waals surface area contributed by atoms with E-state index in [-0.39, 0.29) is 12.0 Å². The summed E-state index contributed by atoms with van der Waals surface area (Å²) < 4.78 is 47.0. The highest BCUT2D eigenvalue weighted by molar-refractivity contribution is 6.83. The lowest BCUT2D eigenvalue weighted by Crippen LogP contribution is -2.22. The number of allylic oxidation sites excluding steroid dienone is 2. The van der Waals surface area contributed by atoms with Crippen molar-refractivity contribution in [1.82, 2.24) is 0 Å². The van der Waals surface area contributed by atoms with Crippen molar-refractivity contribution < 1.29 is 17.9 Å². The summed E-state index contributed by atoms with van der Waals surface area (Å²) in [6, 6.07) is 9.61. The van der Waals surface area contributed by atoms with Crippen LogP contribution in [0.25, 0.3) is 0 Å². The Balaban J connectivity index is 3.24. The zero-order valence-electron chi connectivity index (χ0n) is 18.3. The molecule has 29 heavy (non-hydrogen) atoms. The molecule has 0 spiro atoms. The Morgan fingerprint density at radius 3 is 2.17 bits per heavy atom. The van der Waals surface area contributed by atoms with Crippen molar-refractivity contribution in [1.29, 1.82) is 0 Å². The average molecular weight is 421 g/mol. The van der Waals surface area contributed by atoms with E-state index in [0.29, 0.717) is 13.0 Å². The third kappa shape index (κ3) is 10.4. The van der Waals surface area contributed by atoms with E-state index in [1.165, 1.54) is 0 Å². The molecule has 0 fully saturated rings. The van der Waals surface area contributed by atoms with Gasteiger partial charge in [0.15, 0.2) is 0 Å². The minimum Gasteiger partial charge on any atom is -0.358 e. The molecule has 0 aliphatic heterocycles. The van der Waals surface area contributed by atoms with Gasteiger partial charge in [-0.15, -0.1) is 5.54 Å². The molecule has 0 aliphatic carbocycles. The van der Waals surface area contributed by atoms with Crippen LogP contribution in [0.4, 0.5) is 13.2 Å². The van der Waals surface area contributed by atoms with E-state index in [0.717, 1.165) is 12.0 Å². The average Bonchev–Trinajstić information content (AvgIpc) is 2.60. The molecule has 0 N–H and O–H groups in total. The third-order valence-electron chi connectivity index (χ3n) is 3.89. The minimum absolute atomic E-state index is 0.0569. The molecular weight excluding hydrogens is 389 g/mol. The van der Waals surface area contributed by atoms with Gasteiger partial charge >= 0.3 is 6.18 Å². The summed E-state index contributed by atoms with van der Waals surface area (Å²) in [5.74, 6) is 8.10. The molecule has 1 aromatic rings. The maximum atomic E-state index is 13.7. The van der Waals surface area contributed by atoms with E-state index < -0.39 is 25.4 Å². The number of rotatable bonds is 6. The summed E-state index contributed by atoms with van der Waals surface area (Å²) in [4.78, 5) is 0. The fourth-order valence-electron chi connectivity index (χ4n) is 2.27. The van der Waals surface area contributed by atoms with Crippen LogP contribution in [-0.2, 0) is 11.3 Å². The minimum atomic E-state index is -4.51. The number of ether oxygens (including phenoxy) is 1. The lowest BCUT2D eigenvalue weighted by molar-refractivity contribution is -0.0878. The van der Waals surface area contributed by atoms with Crippen LogP contribution in [0.15, 0.2) is 41.5 Å². The monoisotopic (exact) mass is 420 g/mol. The van der Waals surface area contributed by atoms with E-state index in [1.807, 2.05) is 56.9 Å². The lowest BCUT2D eigenvalue weighted by atomic mass is 10.0. The van der Waals surface area contributed by atoms with Gasteiger partial charge in [-0.25, -0.2) is 0 Å². The largest absolute Gasteiger partial charge is 0.425 e. The molecule has 0 atom stereocenters. The molecular formula is C24H31F3OSi. The van der Waals surface area contributed by atoms with Crippen LogP contribution in [0.2, 0.25) is 19.6 Å². The highest BCUT2D eigenvalue weighted by atomic mass is 28.3. The summed E-state index contributed by atoms with van der Waals surface area (Å²) in [6.45, 7) is 11.6. The van der Waals surface area contributed by atoms with E-state index in [4.69, 9.17) is 4.74 Å². The van der Waals surface area contributed by atoms with Crippen molar-refractivity contribution in [3.8, 4) is 23.3 Å². The van der Waals surface area contributed by atoms with E-state index in [1.54, 1.807) is 13.8 Å². The van der Waals surface area contributed by atoms with Gasteiger partial charge in [-0.1, -0.05) is 81.1 Å². The van der Waals surface area contributed by atoms with Crippen LogP contribution >= 0.6 is 0 Å². The van der Waals surface area contributed by atoms with Gasteiger partial charge in [0.05, 0.1) is 6.61 Å². The Hall–Kier alpha value is -1.95. The molecule has 158 valence electrons. The second-order valence-corrected chi connectivity index (χ2v) is 13.2. The first-order chi connectivity index (χ1) is 13.3. The van der Waals surface area contributed by atoms with Crippen molar-refractivity contribution in [3.05, 3.63) is 47.0 Å². The summed E-state index contributed by atoms with van der Waals surface area (Å²) in [5.41, 5.74) is 2.20. The molecule has 5 heteroatoms. The van der Waals surface area contributed by atoms with Crippen LogP contribution in [-0.4, -0.2) is 19.9 Å². The first-order valence-corrected chi connectivity index (χ1v) is 13.4. The van der Waals surface area contributed by atoms with Crippen molar-refractivity contribution in [3.63, 3.8) is 0 Å². The van der Waals surface area contributed by atoms with Crippen LogP contribution < -0.4 is 0 Å². The molecule has 0 amide bonds. The summed E-state index contributed by atoms with van der Waals surface area (Å²) >= 11 is 0. The van der Waals surface area contributed by atoms with E-state index in [2.05, 4.69) is 23.3 Å².